The summed E-state index contributed by atoms with van der Waals surface area (Å²) in [6.45, 7) is 3.83. The number of benzene rings is 2. The molecule has 0 unspecified atom stereocenters. The Morgan fingerprint density at radius 3 is 2.36 bits per heavy atom. The van der Waals surface area contributed by atoms with Crippen molar-refractivity contribution in [1.82, 2.24) is 0 Å². The van der Waals surface area contributed by atoms with Crippen molar-refractivity contribution in [2.45, 2.75) is 18.7 Å². The summed E-state index contributed by atoms with van der Waals surface area (Å²) in [6.07, 6.45) is 0. The van der Waals surface area contributed by atoms with Gasteiger partial charge in [0.25, 0.3) is 10.0 Å². The van der Waals surface area contributed by atoms with Gasteiger partial charge in [-0.3, -0.25) is 4.31 Å². The van der Waals surface area contributed by atoms with E-state index in [0.29, 0.717) is 10.7 Å². The van der Waals surface area contributed by atoms with Gasteiger partial charge in [0.2, 0.25) is 0 Å². The van der Waals surface area contributed by atoms with Crippen molar-refractivity contribution in [3.05, 3.63) is 58.6 Å². The highest BCUT2D eigenvalue weighted by molar-refractivity contribution is 7.92. The maximum Gasteiger partial charge on any atom is 0.264 e. The molecular formula is C16H15ClN2O2S. The predicted molar refractivity (Wildman–Crippen MR) is 87.6 cm³/mol. The quantitative estimate of drug-likeness (QED) is 0.855. The lowest BCUT2D eigenvalue weighted by atomic mass is 10.2. The topological polar surface area (TPSA) is 61.2 Å². The Balaban J connectivity index is 2.57. The van der Waals surface area contributed by atoms with Crippen LogP contribution in [0.3, 0.4) is 0 Å². The molecule has 0 aliphatic carbocycles. The minimum absolute atomic E-state index is 0.193. The normalized spacial score (nSPS) is 11.0. The zero-order valence-electron chi connectivity index (χ0n) is 12.2. The molecule has 2 rings (SSSR count). The van der Waals surface area contributed by atoms with E-state index in [4.69, 9.17) is 11.6 Å². The Hall–Kier alpha value is -2.03. The van der Waals surface area contributed by atoms with Crippen LogP contribution in [0.5, 0.6) is 0 Å². The molecule has 0 fully saturated rings. The molecule has 0 amide bonds. The van der Waals surface area contributed by atoms with E-state index in [1.807, 2.05) is 13.0 Å². The van der Waals surface area contributed by atoms with Gasteiger partial charge >= 0.3 is 0 Å². The zero-order chi connectivity index (χ0) is 16.3. The first-order valence-corrected chi connectivity index (χ1v) is 8.51. The van der Waals surface area contributed by atoms with Crippen molar-refractivity contribution < 1.29 is 8.42 Å². The van der Waals surface area contributed by atoms with Gasteiger partial charge in [-0.1, -0.05) is 29.3 Å². The van der Waals surface area contributed by atoms with Gasteiger partial charge < -0.3 is 0 Å². The van der Waals surface area contributed by atoms with E-state index in [9.17, 15) is 13.7 Å². The third-order valence-electron chi connectivity index (χ3n) is 3.24. The van der Waals surface area contributed by atoms with Gasteiger partial charge in [-0.15, -0.1) is 0 Å². The van der Waals surface area contributed by atoms with E-state index >= 15 is 0 Å². The van der Waals surface area contributed by atoms with E-state index in [1.54, 1.807) is 43.3 Å². The number of nitrogens with zero attached hydrogens (tertiary/aromatic N) is 2. The number of nitriles is 1. The molecule has 0 spiro atoms. The molecule has 4 nitrogen and oxygen atoms in total. The highest BCUT2D eigenvalue weighted by Crippen LogP contribution is 2.28. The highest BCUT2D eigenvalue weighted by atomic mass is 35.5. The van der Waals surface area contributed by atoms with Gasteiger partial charge in [0.05, 0.1) is 16.1 Å². The highest BCUT2D eigenvalue weighted by Gasteiger charge is 2.25. The molecule has 0 aliphatic heterocycles. The smallest absolute Gasteiger partial charge is 0.264 e. The van der Waals surface area contributed by atoms with Crippen molar-refractivity contribution in [3.8, 4) is 6.07 Å². The number of halogens is 1. The van der Waals surface area contributed by atoms with Crippen molar-refractivity contribution in [2.75, 3.05) is 10.8 Å². The Morgan fingerprint density at radius 1 is 1.18 bits per heavy atom. The van der Waals surface area contributed by atoms with Crippen LogP contribution in [0.1, 0.15) is 18.1 Å². The number of aryl methyl sites for hydroxylation is 1. The minimum atomic E-state index is -3.73. The number of sulfonamides is 1. The van der Waals surface area contributed by atoms with Crippen LogP contribution in [0, 0.1) is 18.3 Å². The Labute approximate surface area is 135 Å². The Bertz CT molecular complexity index is 824. The second kappa shape index (κ2) is 6.39. The van der Waals surface area contributed by atoms with E-state index < -0.39 is 10.0 Å². The molecule has 2 aromatic rings. The molecule has 0 atom stereocenters. The lowest BCUT2D eigenvalue weighted by Crippen LogP contribution is -2.31. The van der Waals surface area contributed by atoms with E-state index in [1.165, 1.54) is 10.4 Å². The van der Waals surface area contributed by atoms with Crippen LogP contribution >= 0.6 is 11.6 Å². The van der Waals surface area contributed by atoms with E-state index in [-0.39, 0.29) is 17.0 Å². The van der Waals surface area contributed by atoms with Gasteiger partial charge in [-0.25, -0.2) is 8.42 Å². The summed E-state index contributed by atoms with van der Waals surface area (Å²) in [7, 11) is -3.73. The van der Waals surface area contributed by atoms with Gasteiger partial charge in [-0.2, -0.15) is 5.26 Å². The monoisotopic (exact) mass is 334 g/mol. The maximum absolute atomic E-state index is 12.8. The first-order valence-electron chi connectivity index (χ1n) is 6.69. The van der Waals surface area contributed by atoms with Crippen LogP contribution in [0.25, 0.3) is 0 Å². The summed E-state index contributed by atoms with van der Waals surface area (Å²) >= 11 is 5.87. The van der Waals surface area contributed by atoms with Crippen molar-refractivity contribution in [1.29, 1.82) is 5.26 Å². The van der Waals surface area contributed by atoms with Crippen LogP contribution in [-0.2, 0) is 10.0 Å². The first kappa shape index (κ1) is 16.3. The summed E-state index contributed by atoms with van der Waals surface area (Å²) in [5, 5.41) is 9.62. The Kier molecular flexibility index (Phi) is 4.74. The molecular weight excluding hydrogens is 320 g/mol. The second-order valence-electron chi connectivity index (χ2n) is 4.76. The van der Waals surface area contributed by atoms with Gasteiger partial charge in [-0.05, 0) is 44.2 Å². The molecule has 114 valence electrons. The largest absolute Gasteiger partial charge is 0.265 e. The SMILES string of the molecule is CCN(c1ccc(Cl)cc1C#N)S(=O)(=O)c1ccc(C)cc1. The molecule has 0 saturated heterocycles. The van der Waals surface area contributed by atoms with Crippen molar-refractivity contribution in [3.63, 3.8) is 0 Å². The van der Waals surface area contributed by atoms with Gasteiger partial charge in [0.15, 0.2) is 0 Å². The van der Waals surface area contributed by atoms with E-state index in [0.717, 1.165) is 5.56 Å². The number of hydrogen-bond acceptors (Lipinski definition) is 3. The molecule has 0 aromatic heterocycles. The van der Waals surface area contributed by atoms with Crippen molar-refractivity contribution in [2.24, 2.45) is 0 Å². The minimum Gasteiger partial charge on any atom is -0.265 e. The molecule has 0 N–H and O–H groups in total. The summed E-state index contributed by atoms with van der Waals surface area (Å²) in [5.74, 6) is 0. The Morgan fingerprint density at radius 2 is 1.82 bits per heavy atom. The summed E-state index contributed by atoms with van der Waals surface area (Å²) in [4.78, 5) is 0.193. The molecule has 2 aromatic carbocycles. The van der Waals surface area contributed by atoms with Gasteiger partial charge in [0.1, 0.15) is 6.07 Å². The standard InChI is InChI=1S/C16H15ClN2O2S/c1-3-19(16-9-6-14(17)10-13(16)11-18)22(20,21)15-7-4-12(2)5-8-15/h4-10H,3H2,1-2H3. The first-order chi connectivity index (χ1) is 10.4. The summed E-state index contributed by atoms with van der Waals surface area (Å²) in [6, 6.07) is 13.2. The fourth-order valence-corrected chi connectivity index (χ4v) is 3.79. The molecule has 0 saturated carbocycles. The molecule has 6 heteroatoms. The fraction of sp³-hybridized carbons (Fsp3) is 0.188. The summed E-state index contributed by atoms with van der Waals surface area (Å²) < 4.78 is 26.8. The number of anilines is 1. The zero-order valence-corrected chi connectivity index (χ0v) is 13.8. The second-order valence-corrected chi connectivity index (χ2v) is 7.05. The summed E-state index contributed by atoms with van der Waals surface area (Å²) in [5.41, 5.74) is 1.53. The third-order valence-corrected chi connectivity index (χ3v) is 5.38. The number of rotatable bonds is 4. The van der Waals surface area contributed by atoms with Crippen LogP contribution in [-0.4, -0.2) is 15.0 Å². The predicted octanol–water partition coefficient (Wildman–Crippen LogP) is 3.74. The van der Waals surface area contributed by atoms with Crippen LogP contribution in [0.4, 0.5) is 5.69 Å². The average molecular weight is 335 g/mol. The molecule has 0 aliphatic rings. The van der Waals surface area contributed by atoms with Crippen molar-refractivity contribution >= 4 is 27.3 Å². The van der Waals surface area contributed by atoms with Crippen LogP contribution in [0.2, 0.25) is 5.02 Å². The van der Waals surface area contributed by atoms with Crippen LogP contribution in [0.15, 0.2) is 47.4 Å². The average Bonchev–Trinajstić information content (AvgIpc) is 2.49. The van der Waals surface area contributed by atoms with E-state index in [2.05, 4.69) is 0 Å². The van der Waals surface area contributed by atoms with Crippen LogP contribution < -0.4 is 4.31 Å². The molecule has 0 heterocycles. The lowest BCUT2D eigenvalue weighted by Gasteiger charge is -2.24. The fourth-order valence-electron chi connectivity index (χ4n) is 2.12. The molecule has 0 bridgehead atoms. The lowest BCUT2D eigenvalue weighted by molar-refractivity contribution is 0.592. The maximum atomic E-state index is 12.8. The number of hydrogen-bond donors (Lipinski definition) is 0. The van der Waals surface area contributed by atoms with Gasteiger partial charge in [0, 0.05) is 11.6 Å². The molecule has 22 heavy (non-hydrogen) atoms. The molecule has 0 radical (unpaired) electrons. The third kappa shape index (κ3) is 3.08.